The fourth-order valence-corrected chi connectivity index (χ4v) is 2.28. The first-order chi connectivity index (χ1) is 8.96. The molecule has 0 aliphatic rings. The molecule has 0 saturated heterocycles. The van der Waals surface area contributed by atoms with Crippen molar-refractivity contribution in [2.24, 2.45) is 0 Å². The summed E-state index contributed by atoms with van der Waals surface area (Å²) in [6, 6.07) is 5.63. The summed E-state index contributed by atoms with van der Waals surface area (Å²) < 4.78 is 28.0. The number of methoxy groups -OCH3 is 1. The molecule has 0 aliphatic heterocycles. The van der Waals surface area contributed by atoms with E-state index in [9.17, 15) is 18.5 Å². The molecule has 0 atom stereocenters. The van der Waals surface area contributed by atoms with Gasteiger partial charge >= 0.3 is 0 Å². The fraction of sp³-hybridized carbons (Fsp3) is 0.400. The molecule has 1 aromatic rings. The number of benzene rings is 1. The monoisotopic (exact) mass is 290 g/mol. The van der Waals surface area contributed by atoms with Gasteiger partial charge in [-0.2, -0.15) is 0 Å². The second kappa shape index (κ2) is 7.14. The summed E-state index contributed by atoms with van der Waals surface area (Å²) >= 11 is 0. The Hall–Kier alpha value is -1.55. The Kier molecular flexibility index (Phi) is 5.83. The van der Waals surface area contributed by atoms with Gasteiger partial charge < -0.3 is 4.74 Å². The molecule has 8 nitrogen and oxygen atoms in total. The first-order valence-electron chi connectivity index (χ1n) is 5.29. The van der Waals surface area contributed by atoms with Gasteiger partial charge in [0, 0.05) is 18.7 Å². The normalized spacial score (nSPS) is 11.4. The first-order valence-corrected chi connectivity index (χ1v) is 6.94. The summed E-state index contributed by atoms with van der Waals surface area (Å²) in [7, 11) is -2.35. The van der Waals surface area contributed by atoms with Gasteiger partial charge in [-0.25, -0.2) is 8.42 Å². The third-order valence-corrected chi connectivity index (χ3v) is 3.17. The largest absolute Gasteiger partial charge is 0.382 e. The lowest BCUT2D eigenvalue weighted by atomic mass is 10.2. The van der Waals surface area contributed by atoms with Gasteiger partial charge in [-0.3, -0.25) is 15.0 Å². The van der Waals surface area contributed by atoms with Crippen LogP contribution in [-0.4, -0.2) is 33.7 Å². The minimum absolute atomic E-state index is 0.0482. The molecule has 0 aromatic heterocycles. The fourth-order valence-electron chi connectivity index (χ4n) is 1.30. The van der Waals surface area contributed by atoms with E-state index in [1.54, 1.807) is 0 Å². The Morgan fingerprint density at radius 1 is 1.32 bits per heavy atom. The third kappa shape index (κ3) is 5.30. The highest BCUT2D eigenvalue weighted by Gasteiger charge is 2.19. The van der Waals surface area contributed by atoms with Gasteiger partial charge in [0.15, 0.2) is 0 Å². The second-order valence-corrected chi connectivity index (χ2v) is 5.25. The molecule has 0 radical (unpaired) electrons. The van der Waals surface area contributed by atoms with Crippen LogP contribution in [-0.2, 0) is 25.4 Å². The van der Waals surface area contributed by atoms with E-state index in [1.165, 1.54) is 31.4 Å². The van der Waals surface area contributed by atoms with Crippen LogP contribution in [0.5, 0.6) is 0 Å². The number of rotatable bonds is 8. The van der Waals surface area contributed by atoms with Crippen molar-refractivity contribution < 1.29 is 22.9 Å². The van der Waals surface area contributed by atoms with Crippen molar-refractivity contribution in [1.29, 1.82) is 0 Å². The Morgan fingerprint density at radius 3 is 2.63 bits per heavy atom. The molecule has 0 heterocycles. The molecule has 0 saturated carbocycles. The standard InChI is InChI=1S/C10H14N2O6S/c1-17-6-7-18-11-19(15,16)8-9-4-2-3-5-10(9)12(13)14/h2-5,11H,6-8H2,1H3. The van der Waals surface area contributed by atoms with Gasteiger partial charge in [-0.1, -0.05) is 23.1 Å². The maximum atomic E-state index is 11.6. The van der Waals surface area contributed by atoms with Gasteiger partial charge in [0.05, 0.1) is 23.9 Å². The van der Waals surface area contributed by atoms with Crippen molar-refractivity contribution in [1.82, 2.24) is 4.89 Å². The molecule has 1 rings (SSSR count). The van der Waals surface area contributed by atoms with Crippen molar-refractivity contribution in [2.75, 3.05) is 20.3 Å². The van der Waals surface area contributed by atoms with Gasteiger partial charge in [-0.15, -0.1) is 0 Å². The van der Waals surface area contributed by atoms with E-state index in [4.69, 9.17) is 0 Å². The molecule has 9 heteroatoms. The Labute approximate surface area is 110 Å². The number of nitro groups is 1. The number of hydrogen-bond donors (Lipinski definition) is 1. The van der Waals surface area contributed by atoms with Crippen LogP contribution in [0.25, 0.3) is 0 Å². The lowest BCUT2D eigenvalue weighted by Gasteiger charge is -2.07. The summed E-state index contributed by atoms with van der Waals surface area (Å²) in [5.74, 6) is -0.531. The molecular weight excluding hydrogens is 276 g/mol. The molecule has 1 aromatic carbocycles. The molecule has 1 N–H and O–H groups in total. The van der Waals surface area contributed by atoms with Crippen molar-refractivity contribution in [3.8, 4) is 0 Å². The molecule has 0 unspecified atom stereocenters. The predicted molar refractivity (Wildman–Crippen MR) is 66.7 cm³/mol. The number of para-hydroxylation sites is 1. The van der Waals surface area contributed by atoms with Gasteiger partial charge in [0.25, 0.3) is 5.69 Å². The van der Waals surface area contributed by atoms with E-state index in [0.717, 1.165) is 0 Å². The van der Waals surface area contributed by atoms with E-state index in [0.29, 0.717) is 0 Å². The van der Waals surface area contributed by atoms with Gasteiger partial charge in [0.1, 0.15) is 0 Å². The molecular formula is C10H14N2O6S. The van der Waals surface area contributed by atoms with Crippen LogP contribution in [0, 0.1) is 10.1 Å². The zero-order valence-electron chi connectivity index (χ0n) is 10.2. The van der Waals surface area contributed by atoms with Crippen molar-refractivity contribution in [3.05, 3.63) is 39.9 Å². The average Bonchev–Trinajstić information content (AvgIpc) is 2.34. The molecule has 0 bridgehead atoms. The summed E-state index contributed by atoms with van der Waals surface area (Å²) in [5, 5.41) is 10.7. The highest BCUT2D eigenvalue weighted by molar-refractivity contribution is 7.88. The minimum atomic E-state index is -3.80. The van der Waals surface area contributed by atoms with Crippen LogP contribution < -0.4 is 4.89 Å². The average molecular weight is 290 g/mol. The van der Waals surface area contributed by atoms with Crippen LogP contribution in [0.1, 0.15) is 5.56 Å². The van der Waals surface area contributed by atoms with Crippen LogP contribution >= 0.6 is 0 Å². The van der Waals surface area contributed by atoms with E-state index in [-0.39, 0.29) is 24.5 Å². The van der Waals surface area contributed by atoms with Crippen LogP contribution in [0.3, 0.4) is 0 Å². The van der Waals surface area contributed by atoms with Gasteiger partial charge in [-0.05, 0) is 0 Å². The molecule has 106 valence electrons. The number of ether oxygens (including phenoxy) is 1. The molecule has 0 aliphatic carbocycles. The summed E-state index contributed by atoms with van der Waals surface area (Å²) in [4.78, 5) is 16.7. The molecule has 0 fully saturated rings. The summed E-state index contributed by atoms with van der Waals surface area (Å²) in [5.41, 5.74) is -0.153. The number of nitro benzene ring substituents is 1. The van der Waals surface area contributed by atoms with Crippen LogP contribution in [0.4, 0.5) is 5.69 Å². The van der Waals surface area contributed by atoms with Crippen LogP contribution in [0.2, 0.25) is 0 Å². The number of nitrogens with zero attached hydrogens (tertiary/aromatic N) is 1. The highest BCUT2D eigenvalue weighted by atomic mass is 32.2. The maximum absolute atomic E-state index is 11.6. The number of hydrogen-bond acceptors (Lipinski definition) is 6. The minimum Gasteiger partial charge on any atom is -0.382 e. The van der Waals surface area contributed by atoms with Gasteiger partial charge in [0.2, 0.25) is 10.0 Å². The zero-order chi connectivity index (χ0) is 14.3. The lowest BCUT2D eigenvalue weighted by Crippen LogP contribution is -2.27. The summed E-state index contributed by atoms with van der Waals surface area (Å²) in [6.07, 6.45) is 0. The van der Waals surface area contributed by atoms with Crippen molar-refractivity contribution in [2.45, 2.75) is 5.75 Å². The predicted octanol–water partition coefficient (Wildman–Crippen LogP) is 0.592. The number of nitrogens with one attached hydrogen (secondary N) is 1. The maximum Gasteiger partial charge on any atom is 0.273 e. The van der Waals surface area contributed by atoms with Crippen LogP contribution in [0.15, 0.2) is 24.3 Å². The Bertz CT molecular complexity index is 531. The molecule has 19 heavy (non-hydrogen) atoms. The third-order valence-electron chi connectivity index (χ3n) is 2.11. The second-order valence-electron chi connectivity index (χ2n) is 3.57. The smallest absolute Gasteiger partial charge is 0.273 e. The number of sulfonamides is 1. The van der Waals surface area contributed by atoms with E-state index in [2.05, 4.69) is 9.57 Å². The topological polar surface area (TPSA) is 108 Å². The SMILES string of the molecule is COCCONS(=O)(=O)Cc1ccccc1[N+](=O)[O-]. The van der Waals surface area contributed by atoms with Crippen molar-refractivity contribution in [3.63, 3.8) is 0 Å². The van der Waals surface area contributed by atoms with E-state index < -0.39 is 20.7 Å². The summed E-state index contributed by atoms with van der Waals surface area (Å²) in [6.45, 7) is 0.278. The molecule has 0 amide bonds. The van der Waals surface area contributed by atoms with Crippen molar-refractivity contribution >= 4 is 15.7 Å². The van der Waals surface area contributed by atoms with E-state index in [1.807, 2.05) is 4.89 Å². The highest BCUT2D eigenvalue weighted by Crippen LogP contribution is 2.19. The zero-order valence-corrected chi connectivity index (χ0v) is 11.1. The van der Waals surface area contributed by atoms with E-state index >= 15 is 0 Å². The Balaban J connectivity index is 2.70. The Morgan fingerprint density at radius 2 is 2.00 bits per heavy atom. The lowest BCUT2D eigenvalue weighted by molar-refractivity contribution is -0.385. The first kappa shape index (κ1) is 15.5. The quantitative estimate of drug-likeness (QED) is 0.426. The molecule has 0 spiro atoms.